The van der Waals surface area contributed by atoms with Gasteiger partial charge in [0.1, 0.15) is 5.82 Å². The van der Waals surface area contributed by atoms with Crippen LogP contribution >= 0.6 is 0 Å². The fourth-order valence-electron chi connectivity index (χ4n) is 2.83. The molecule has 0 unspecified atom stereocenters. The Morgan fingerprint density at radius 2 is 1.59 bits per heavy atom. The molecule has 3 amide bonds. The standard InChI is InChI=1S/C23H22FN3O2/c1-16(27(2)23(29)26-21-14-7-6-13-20(21)24)18-11-8-12-19(15-18)25-22(28)17-9-4-3-5-10-17/h3-16H,1-2H3,(H,25,28)(H,26,29)/t16-/m0/s1. The van der Waals surface area contributed by atoms with E-state index in [2.05, 4.69) is 10.6 Å². The van der Waals surface area contributed by atoms with Crippen molar-refractivity contribution in [2.45, 2.75) is 13.0 Å². The zero-order chi connectivity index (χ0) is 20.8. The number of urea groups is 1. The molecule has 0 saturated heterocycles. The van der Waals surface area contributed by atoms with E-state index in [-0.39, 0.29) is 17.6 Å². The summed E-state index contributed by atoms with van der Waals surface area (Å²) in [6.07, 6.45) is 0. The summed E-state index contributed by atoms with van der Waals surface area (Å²) in [4.78, 5) is 26.3. The van der Waals surface area contributed by atoms with E-state index in [0.717, 1.165) is 5.56 Å². The van der Waals surface area contributed by atoms with Crippen LogP contribution in [0.2, 0.25) is 0 Å². The number of carbonyl (C=O) groups excluding carboxylic acids is 2. The van der Waals surface area contributed by atoms with Gasteiger partial charge in [0.15, 0.2) is 0 Å². The second-order valence-corrected chi connectivity index (χ2v) is 6.64. The van der Waals surface area contributed by atoms with Gasteiger partial charge in [-0.15, -0.1) is 0 Å². The SMILES string of the molecule is C[C@@H](c1cccc(NC(=O)c2ccccc2)c1)N(C)C(=O)Nc1ccccc1F. The maximum absolute atomic E-state index is 13.8. The first-order valence-electron chi connectivity index (χ1n) is 9.20. The van der Waals surface area contributed by atoms with Gasteiger partial charge in [-0.05, 0) is 48.9 Å². The fraction of sp³-hybridized carbons (Fsp3) is 0.130. The van der Waals surface area contributed by atoms with Gasteiger partial charge in [-0.25, -0.2) is 9.18 Å². The fourth-order valence-corrected chi connectivity index (χ4v) is 2.83. The molecular formula is C23H22FN3O2. The minimum absolute atomic E-state index is 0.125. The zero-order valence-electron chi connectivity index (χ0n) is 16.2. The lowest BCUT2D eigenvalue weighted by Gasteiger charge is -2.26. The summed E-state index contributed by atoms with van der Waals surface area (Å²) < 4.78 is 13.8. The van der Waals surface area contributed by atoms with E-state index in [1.54, 1.807) is 49.5 Å². The number of anilines is 2. The van der Waals surface area contributed by atoms with Gasteiger partial charge in [-0.1, -0.05) is 42.5 Å². The van der Waals surface area contributed by atoms with Crippen LogP contribution < -0.4 is 10.6 Å². The van der Waals surface area contributed by atoms with Gasteiger partial charge in [-0.3, -0.25) is 4.79 Å². The highest BCUT2D eigenvalue weighted by Crippen LogP contribution is 2.23. The Balaban J connectivity index is 1.69. The van der Waals surface area contributed by atoms with Gasteiger partial charge in [0, 0.05) is 18.3 Å². The normalized spacial score (nSPS) is 11.4. The van der Waals surface area contributed by atoms with Crippen molar-refractivity contribution in [1.82, 2.24) is 4.90 Å². The van der Waals surface area contributed by atoms with Crippen molar-refractivity contribution in [3.8, 4) is 0 Å². The van der Waals surface area contributed by atoms with Crippen LogP contribution in [0.3, 0.4) is 0 Å². The molecule has 2 N–H and O–H groups in total. The van der Waals surface area contributed by atoms with E-state index in [4.69, 9.17) is 0 Å². The number of amides is 3. The number of para-hydroxylation sites is 1. The molecule has 3 aromatic rings. The molecule has 0 radical (unpaired) electrons. The van der Waals surface area contributed by atoms with Crippen molar-refractivity contribution in [3.63, 3.8) is 0 Å². The third-order valence-corrected chi connectivity index (χ3v) is 4.68. The molecular weight excluding hydrogens is 369 g/mol. The molecule has 3 aromatic carbocycles. The average Bonchev–Trinajstić information content (AvgIpc) is 2.75. The van der Waals surface area contributed by atoms with Crippen LogP contribution in [0, 0.1) is 5.82 Å². The summed E-state index contributed by atoms with van der Waals surface area (Å²) in [6.45, 7) is 1.86. The molecule has 29 heavy (non-hydrogen) atoms. The largest absolute Gasteiger partial charge is 0.322 e. The number of rotatable bonds is 5. The highest BCUT2D eigenvalue weighted by molar-refractivity contribution is 6.04. The number of nitrogens with one attached hydrogen (secondary N) is 2. The molecule has 0 spiro atoms. The van der Waals surface area contributed by atoms with Crippen LogP contribution in [0.15, 0.2) is 78.9 Å². The first kappa shape index (κ1) is 20.1. The van der Waals surface area contributed by atoms with E-state index in [1.165, 1.54) is 17.0 Å². The smallest absolute Gasteiger partial charge is 0.322 e. The molecule has 148 valence electrons. The lowest BCUT2D eigenvalue weighted by molar-refractivity contribution is 0.102. The molecule has 6 heteroatoms. The molecule has 0 aliphatic rings. The van der Waals surface area contributed by atoms with Gasteiger partial charge in [0.05, 0.1) is 11.7 Å². The topological polar surface area (TPSA) is 61.4 Å². The molecule has 0 heterocycles. The summed E-state index contributed by atoms with van der Waals surface area (Å²) in [5.41, 5.74) is 2.15. The van der Waals surface area contributed by atoms with Gasteiger partial charge in [-0.2, -0.15) is 0 Å². The Kier molecular flexibility index (Phi) is 6.24. The highest BCUT2D eigenvalue weighted by atomic mass is 19.1. The molecule has 0 aromatic heterocycles. The predicted molar refractivity (Wildman–Crippen MR) is 112 cm³/mol. The third kappa shape index (κ3) is 4.99. The predicted octanol–water partition coefficient (Wildman–Crippen LogP) is 5.30. The van der Waals surface area contributed by atoms with Crippen LogP contribution in [0.4, 0.5) is 20.6 Å². The molecule has 0 saturated carbocycles. The van der Waals surface area contributed by atoms with Crippen LogP contribution in [0.25, 0.3) is 0 Å². The summed E-state index contributed by atoms with van der Waals surface area (Å²) in [5.74, 6) is -0.700. The van der Waals surface area contributed by atoms with Gasteiger partial charge < -0.3 is 15.5 Å². The van der Waals surface area contributed by atoms with Crippen molar-refractivity contribution in [2.75, 3.05) is 17.7 Å². The van der Waals surface area contributed by atoms with Crippen LogP contribution in [-0.2, 0) is 0 Å². The summed E-state index contributed by atoms with van der Waals surface area (Å²) in [7, 11) is 1.63. The lowest BCUT2D eigenvalue weighted by Crippen LogP contribution is -2.33. The van der Waals surface area contributed by atoms with Crippen molar-refractivity contribution in [1.29, 1.82) is 0 Å². The first-order chi connectivity index (χ1) is 14.0. The summed E-state index contributed by atoms with van der Waals surface area (Å²) in [6, 6.07) is 21.5. The molecule has 1 atom stereocenters. The first-order valence-corrected chi connectivity index (χ1v) is 9.20. The zero-order valence-corrected chi connectivity index (χ0v) is 16.2. The van der Waals surface area contributed by atoms with E-state index in [1.807, 2.05) is 31.2 Å². The molecule has 0 aliphatic carbocycles. The Morgan fingerprint density at radius 3 is 2.31 bits per heavy atom. The van der Waals surface area contributed by atoms with E-state index >= 15 is 0 Å². The molecule has 0 bridgehead atoms. The Bertz CT molecular complexity index is 1010. The maximum Gasteiger partial charge on any atom is 0.322 e. The number of nitrogens with zero attached hydrogens (tertiary/aromatic N) is 1. The number of hydrogen-bond acceptors (Lipinski definition) is 2. The minimum Gasteiger partial charge on any atom is -0.322 e. The van der Waals surface area contributed by atoms with Crippen LogP contribution in [0.5, 0.6) is 0 Å². The molecule has 0 aliphatic heterocycles. The van der Waals surface area contributed by atoms with Gasteiger partial charge in [0.2, 0.25) is 0 Å². The van der Waals surface area contributed by atoms with Crippen molar-refractivity contribution < 1.29 is 14.0 Å². The summed E-state index contributed by atoms with van der Waals surface area (Å²) >= 11 is 0. The average molecular weight is 391 g/mol. The highest BCUT2D eigenvalue weighted by Gasteiger charge is 2.19. The Labute approximate surface area is 169 Å². The number of benzene rings is 3. The van der Waals surface area contributed by atoms with Crippen molar-refractivity contribution in [3.05, 3.63) is 95.8 Å². The Hall–Kier alpha value is -3.67. The van der Waals surface area contributed by atoms with Gasteiger partial charge >= 0.3 is 6.03 Å². The van der Waals surface area contributed by atoms with Crippen LogP contribution in [0.1, 0.15) is 28.9 Å². The van der Waals surface area contributed by atoms with E-state index < -0.39 is 11.8 Å². The number of carbonyl (C=O) groups is 2. The molecule has 3 rings (SSSR count). The third-order valence-electron chi connectivity index (χ3n) is 4.68. The van der Waals surface area contributed by atoms with Gasteiger partial charge in [0.25, 0.3) is 5.91 Å². The molecule has 5 nitrogen and oxygen atoms in total. The van der Waals surface area contributed by atoms with Crippen LogP contribution in [-0.4, -0.2) is 23.9 Å². The maximum atomic E-state index is 13.8. The van der Waals surface area contributed by atoms with Crippen molar-refractivity contribution in [2.24, 2.45) is 0 Å². The minimum atomic E-state index is -0.493. The van der Waals surface area contributed by atoms with E-state index in [9.17, 15) is 14.0 Å². The number of halogens is 1. The second-order valence-electron chi connectivity index (χ2n) is 6.64. The Morgan fingerprint density at radius 1 is 0.897 bits per heavy atom. The quantitative estimate of drug-likeness (QED) is 0.620. The van der Waals surface area contributed by atoms with Crippen molar-refractivity contribution >= 4 is 23.3 Å². The summed E-state index contributed by atoms with van der Waals surface area (Å²) in [5, 5.41) is 5.43. The lowest BCUT2D eigenvalue weighted by atomic mass is 10.1. The monoisotopic (exact) mass is 391 g/mol. The molecule has 0 fully saturated rings. The van der Waals surface area contributed by atoms with E-state index in [0.29, 0.717) is 11.3 Å². The number of hydrogen-bond donors (Lipinski definition) is 2. The second kappa shape index (κ2) is 9.01.